The first-order chi connectivity index (χ1) is 7.72. The maximum absolute atomic E-state index is 4.44. The number of imidazole rings is 1. The largest absolute Gasteiger partial charge is 0.349 e. The molecule has 86 valence electrons. The molecule has 0 aliphatic heterocycles. The van der Waals surface area contributed by atoms with E-state index in [-0.39, 0.29) is 5.41 Å². The van der Waals surface area contributed by atoms with Crippen molar-refractivity contribution in [1.82, 2.24) is 19.7 Å². The van der Waals surface area contributed by atoms with Crippen LogP contribution in [-0.4, -0.2) is 25.5 Å². The predicted molar refractivity (Wildman–Crippen MR) is 66.5 cm³/mol. The zero-order chi connectivity index (χ0) is 11.4. The number of hydrogen-bond donors (Lipinski definition) is 2. The van der Waals surface area contributed by atoms with Crippen molar-refractivity contribution in [3.05, 3.63) is 36.7 Å². The quantitative estimate of drug-likeness (QED) is 0.777. The lowest BCUT2D eigenvalue weighted by atomic mass is 9.88. The van der Waals surface area contributed by atoms with Crippen molar-refractivity contribution in [3.8, 4) is 0 Å². The Morgan fingerprint density at radius 2 is 2.38 bits per heavy atom. The SMILES string of the molecule is CC(CS)(Cc1ncc[nH]1)Cn1cccn1. The van der Waals surface area contributed by atoms with Gasteiger partial charge in [0.25, 0.3) is 0 Å². The summed E-state index contributed by atoms with van der Waals surface area (Å²) >= 11 is 4.44. The molecule has 1 N–H and O–H groups in total. The molecule has 0 spiro atoms. The van der Waals surface area contributed by atoms with Crippen LogP contribution < -0.4 is 0 Å². The number of nitrogens with zero attached hydrogens (tertiary/aromatic N) is 3. The lowest BCUT2D eigenvalue weighted by Crippen LogP contribution is -2.28. The zero-order valence-corrected chi connectivity index (χ0v) is 10.2. The summed E-state index contributed by atoms with van der Waals surface area (Å²) in [5.41, 5.74) is 0.0625. The Kier molecular flexibility index (Phi) is 3.33. The standard InChI is InChI=1S/C11H16N4S/c1-11(9-16,7-10-12-4-5-13-10)8-15-6-2-3-14-15/h2-6,16H,7-9H2,1H3,(H,12,13). The molecule has 0 fully saturated rings. The molecule has 2 heterocycles. The summed E-state index contributed by atoms with van der Waals surface area (Å²) in [6.07, 6.45) is 8.28. The van der Waals surface area contributed by atoms with Gasteiger partial charge in [-0.15, -0.1) is 0 Å². The second kappa shape index (κ2) is 4.74. The highest BCUT2D eigenvalue weighted by atomic mass is 32.1. The Hall–Kier alpha value is -1.23. The molecule has 16 heavy (non-hydrogen) atoms. The third-order valence-corrected chi connectivity index (χ3v) is 3.40. The van der Waals surface area contributed by atoms with Crippen molar-refractivity contribution in [2.24, 2.45) is 5.41 Å². The van der Waals surface area contributed by atoms with Crippen molar-refractivity contribution < 1.29 is 0 Å². The summed E-state index contributed by atoms with van der Waals surface area (Å²) in [5, 5.41) is 4.23. The Balaban J connectivity index is 2.07. The summed E-state index contributed by atoms with van der Waals surface area (Å²) in [7, 11) is 0. The van der Waals surface area contributed by atoms with Crippen LogP contribution in [0.5, 0.6) is 0 Å². The highest BCUT2D eigenvalue weighted by molar-refractivity contribution is 7.80. The average Bonchev–Trinajstić information content (AvgIpc) is 2.91. The van der Waals surface area contributed by atoms with Crippen LogP contribution in [-0.2, 0) is 13.0 Å². The monoisotopic (exact) mass is 236 g/mol. The predicted octanol–water partition coefficient (Wildman–Crippen LogP) is 1.78. The number of aromatic amines is 1. The zero-order valence-electron chi connectivity index (χ0n) is 9.30. The van der Waals surface area contributed by atoms with Gasteiger partial charge in [0.05, 0.1) is 0 Å². The Morgan fingerprint density at radius 3 is 2.94 bits per heavy atom. The highest BCUT2D eigenvalue weighted by Crippen LogP contribution is 2.24. The van der Waals surface area contributed by atoms with Crippen LogP contribution in [0.2, 0.25) is 0 Å². The van der Waals surface area contributed by atoms with E-state index in [1.54, 1.807) is 12.4 Å². The molecular weight excluding hydrogens is 220 g/mol. The summed E-state index contributed by atoms with van der Waals surface area (Å²) < 4.78 is 1.94. The molecule has 2 rings (SSSR count). The van der Waals surface area contributed by atoms with Crippen molar-refractivity contribution in [3.63, 3.8) is 0 Å². The molecule has 0 radical (unpaired) electrons. The van der Waals surface area contributed by atoms with Crippen LogP contribution in [0.25, 0.3) is 0 Å². The van der Waals surface area contributed by atoms with Crippen molar-refractivity contribution in [1.29, 1.82) is 0 Å². The van der Waals surface area contributed by atoms with Gasteiger partial charge in [0.1, 0.15) is 5.82 Å². The van der Waals surface area contributed by atoms with Crippen LogP contribution in [0.1, 0.15) is 12.7 Å². The van der Waals surface area contributed by atoms with Crippen LogP contribution in [0.15, 0.2) is 30.9 Å². The molecule has 0 saturated carbocycles. The molecule has 0 bridgehead atoms. The van der Waals surface area contributed by atoms with Gasteiger partial charge in [0, 0.05) is 43.2 Å². The third kappa shape index (κ3) is 2.66. The topological polar surface area (TPSA) is 46.5 Å². The molecule has 0 amide bonds. The van der Waals surface area contributed by atoms with Gasteiger partial charge < -0.3 is 4.98 Å². The van der Waals surface area contributed by atoms with E-state index in [0.29, 0.717) is 0 Å². The van der Waals surface area contributed by atoms with Crippen molar-refractivity contribution in [2.45, 2.75) is 19.9 Å². The molecule has 0 aromatic carbocycles. The van der Waals surface area contributed by atoms with E-state index in [1.165, 1.54) is 0 Å². The molecule has 4 nitrogen and oxygen atoms in total. The molecular formula is C11H16N4S. The number of thiol groups is 1. The minimum absolute atomic E-state index is 0.0625. The molecule has 2 aromatic heterocycles. The van der Waals surface area contributed by atoms with Gasteiger partial charge in [-0.1, -0.05) is 6.92 Å². The normalized spacial score (nSPS) is 14.9. The van der Waals surface area contributed by atoms with Gasteiger partial charge in [0.2, 0.25) is 0 Å². The van der Waals surface area contributed by atoms with Gasteiger partial charge in [-0.05, 0) is 11.8 Å². The minimum atomic E-state index is 0.0625. The number of nitrogens with one attached hydrogen (secondary N) is 1. The van der Waals surface area contributed by atoms with E-state index < -0.39 is 0 Å². The second-order valence-corrected chi connectivity index (χ2v) is 4.70. The van der Waals surface area contributed by atoms with E-state index in [9.17, 15) is 0 Å². The first-order valence-electron chi connectivity index (χ1n) is 5.28. The summed E-state index contributed by atoms with van der Waals surface area (Å²) in [4.78, 5) is 7.39. The van der Waals surface area contributed by atoms with Gasteiger partial charge in [0.15, 0.2) is 0 Å². The van der Waals surface area contributed by atoms with E-state index in [1.807, 2.05) is 23.1 Å². The first-order valence-corrected chi connectivity index (χ1v) is 5.92. The van der Waals surface area contributed by atoms with Crippen LogP contribution in [0, 0.1) is 5.41 Å². The van der Waals surface area contributed by atoms with Crippen LogP contribution in [0.4, 0.5) is 0 Å². The molecule has 1 unspecified atom stereocenters. The maximum atomic E-state index is 4.44. The number of rotatable bonds is 5. The Bertz CT molecular complexity index is 371. The Labute approximate surface area is 101 Å². The molecule has 0 aliphatic carbocycles. The lowest BCUT2D eigenvalue weighted by Gasteiger charge is -2.26. The molecule has 2 aromatic rings. The van der Waals surface area contributed by atoms with E-state index in [4.69, 9.17) is 0 Å². The average molecular weight is 236 g/mol. The van der Waals surface area contributed by atoms with E-state index in [2.05, 4.69) is 34.6 Å². The summed E-state index contributed by atoms with van der Waals surface area (Å²) in [6.45, 7) is 3.05. The van der Waals surface area contributed by atoms with Crippen LogP contribution >= 0.6 is 12.6 Å². The van der Waals surface area contributed by atoms with Gasteiger partial charge in [-0.2, -0.15) is 17.7 Å². The second-order valence-electron chi connectivity index (χ2n) is 4.39. The third-order valence-electron chi connectivity index (χ3n) is 2.63. The number of hydrogen-bond acceptors (Lipinski definition) is 3. The first kappa shape index (κ1) is 11.3. The fourth-order valence-electron chi connectivity index (χ4n) is 1.75. The molecule has 0 aliphatic rings. The highest BCUT2D eigenvalue weighted by Gasteiger charge is 2.25. The van der Waals surface area contributed by atoms with E-state index >= 15 is 0 Å². The van der Waals surface area contributed by atoms with Crippen molar-refractivity contribution in [2.75, 3.05) is 5.75 Å². The summed E-state index contributed by atoms with van der Waals surface area (Å²) in [6, 6.07) is 1.94. The van der Waals surface area contributed by atoms with Gasteiger partial charge >= 0.3 is 0 Å². The maximum Gasteiger partial charge on any atom is 0.106 e. The van der Waals surface area contributed by atoms with Gasteiger partial charge in [-0.25, -0.2) is 4.98 Å². The number of aromatic nitrogens is 4. The summed E-state index contributed by atoms with van der Waals surface area (Å²) in [5.74, 6) is 1.80. The fraction of sp³-hybridized carbons (Fsp3) is 0.455. The molecule has 5 heteroatoms. The molecule has 0 saturated heterocycles. The van der Waals surface area contributed by atoms with E-state index in [0.717, 1.165) is 24.5 Å². The lowest BCUT2D eigenvalue weighted by molar-refractivity contribution is 0.292. The smallest absolute Gasteiger partial charge is 0.106 e. The fourth-order valence-corrected chi connectivity index (χ4v) is 1.96. The number of H-pyrrole nitrogens is 1. The van der Waals surface area contributed by atoms with Crippen molar-refractivity contribution >= 4 is 12.6 Å². The molecule has 1 atom stereocenters. The van der Waals surface area contributed by atoms with Crippen LogP contribution in [0.3, 0.4) is 0 Å². The minimum Gasteiger partial charge on any atom is -0.349 e. The Morgan fingerprint density at radius 1 is 1.50 bits per heavy atom. The van der Waals surface area contributed by atoms with Gasteiger partial charge in [-0.3, -0.25) is 4.68 Å².